The molecule has 7 heteroatoms. The SMILES string of the molecule is CC1(C)C2CCC1(CS(=O)(=O)[O-])C(=O)C2.CCC(=O)C[S+](CC)CC. The smallest absolute Gasteiger partial charge is 0.181 e. The van der Waals surface area contributed by atoms with Crippen molar-refractivity contribution in [1.29, 1.82) is 0 Å². The van der Waals surface area contributed by atoms with E-state index in [9.17, 15) is 22.6 Å². The highest BCUT2D eigenvalue weighted by molar-refractivity contribution is 7.97. The molecule has 0 aromatic rings. The normalized spacial score (nSPS) is 27.3. The van der Waals surface area contributed by atoms with Crippen LogP contribution in [0.1, 0.15) is 60.3 Å². The quantitative estimate of drug-likeness (QED) is 0.490. The highest BCUT2D eigenvalue weighted by Crippen LogP contribution is 2.64. The predicted molar refractivity (Wildman–Crippen MR) is 102 cm³/mol. The molecule has 0 N–H and O–H groups in total. The van der Waals surface area contributed by atoms with Crippen molar-refractivity contribution in [3.63, 3.8) is 0 Å². The lowest BCUT2D eigenvalue weighted by molar-refractivity contribution is -0.128. The summed E-state index contributed by atoms with van der Waals surface area (Å²) in [6.07, 6.45) is 2.59. The number of rotatable bonds is 7. The van der Waals surface area contributed by atoms with Crippen LogP contribution >= 0.6 is 0 Å². The molecule has 25 heavy (non-hydrogen) atoms. The van der Waals surface area contributed by atoms with E-state index in [2.05, 4.69) is 13.8 Å². The van der Waals surface area contributed by atoms with Gasteiger partial charge in [-0.1, -0.05) is 20.8 Å². The number of hydrogen-bond donors (Lipinski definition) is 0. The van der Waals surface area contributed by atoms with Gasteiger partial charge in [0.1, 0.15) is 17.3 Å². The molecule has 0 aliphatic heterocycles. The van der Waals surface area contributed by atoms with E-state index in [1.165, 1.54) is 11.5 Å². The molecular formula is C18H32O5S2. The van der Waals surface area contributed by atoms with E-state index in [1.54, 1.807) is 0 Å². The molecule has 0 saturated heterocycles. The van der Waals surface area contributed by atoms with Crippen LogP contribution in [0.5, 0.6) is 0 Å². The predicted octanol–water partition coefficient (Wildman–Crippen LogP) is 2.55. The Kier molecular flexibility index (Phi) is 7.72. The summed E-state index contributed by atoms with van der Waals surface area (Å²) < 4.78 is 32.7. The summed E-state index contributed by atoms with van der Waals surface area (Å²) in [5, 5.41) is 0. The number of carbonyl (C=O) groups excluding carboxylic acids is 2. The van der Waals surface area contributed by atoms with Gasteiger partial charge in [-0.2, -0.15) is 0 Å². The van der Waals surface area contributed by atoms with E-state index < -0.39 is 21.3 Å². The number of fused-ring (bicyclic) bond motifs is 2. The molecule has 2 rings (SSSR count). The van der Waals surface area contributed by atoms with E-state index in [0.29, 0.717) is 35.9 Å². The van der Waals surface area contributed by atoms with Crippen LogP contribution in [0.4, 0.5) is 0 Å². The molecule has 146 valence electrons. The molecule has 2 fully saturated rings. The van der Waals surface area contributed by atoms with E-state index in [-0.39, 0.29) is 17.1 Å². The van der Waals surface area contributed by atoms with Crippen molar-refractivity contribution < 1.29 is 22.6 Å². The van der Waals surface area contributed by atoms with E-state index in [1.807, 2.05) is 20.8 Å². The minimum Gasteiger partial charge on any atom is -0.748 e. The topological polar surface area (TPSA) is 91.3 Å². The van der Waals surface area contributed by atoms with Gasteiger partial charge in [-0.15, -0.1) is 0 Å². The Bertz CT molecular complexity index is 593. The zero-order chi connectivity index (χ0) is 19.5. The summed E-state index contributed by atoms with van der Waals surface area (Å²) in [5.41, 5.74) is -1.22. The van der Waals surface area contributed by atoms with E-state index >= 15 is 0 Å². The van der Waals surface area contributed by atoms with Gasteiger partial charge in [-0.3, -0.25) is 9.59 Å². The third-order valence-corrected chi connectivity index (χ3v) is 9.35. The van der Waals surface area contributed by atoms with Gasteiger partial charge < -0.3 is 4.55 Å². The Morgan fingerprint density at radius 2 is 1.80 bits per heavy atom. The fraction of sp³-hybridized carbons (Fsp3) is 0.889. The second kappa shape index (κ2) is 8.53. The summed E-state index contributed by atoms with van der Waals surface area (Å²) in [6, 6.07) is 0. The number of hydrogen-bond acceptors (Lipinski definition) is 5. The second-order valence-electron chi connectivity index (χ2n) is 7.59. The molecule has 2 aliphatic rings. The third kappa shape index (κ3) is 5.07. The van der Waals surface area contributed by atoms with Gasteiger partial charge in [0.25, 0.3) is 0 Å². The molecule has 2 aliphatic carbocycles. The molecule has 0 heterocycles. The number of ketones is 2. The van der Waals surface area contributed by atoms with Crippen LogP contribution in [0.2, 0.25) is 0 Å². The largest absolute Gasteiger partial charge is 0.748 e. The van der Waals surface area contributed by atoms with Crippen LogP contribution in [0.25, 0.3) is 0 Å². The summed E-state index contributed by atoms with van der Waals surface area (Å²) >= 11 is 0. The van der Waals surface area contributed by atoms with Gasteiger partial charge in [0.05, 0.1) is 15.9 Å². The Labute approximate surface area is 155 Å². The van der Waals surface area contributed by atoms with Gasteiger partial charge in [-0.25, -0.2) is 8.42 Å². The summed E-state index contributed by atoms with van der Waals surface area (Å²) in [5.74, 6) is 3.30. The summed E-state index contributed by atoms with van der Waals surface area (Å²) in [7, 11) is -3.94. The van der Waals surface area contributed by atoms with Gasteiger partial charge in [-0.05, 0) is 48.9 Å². The van der Waals surface area contributed by atoms with Crippen LogP contribution in [0.3, 0.4) is 0 Å². The first-order valence-electron chi connectivity index (χ1n) is 9.06. The molecule has 0 amide bonds. The van der Waals surface area contributed by atoms with Crippen LogP contribution in [-0.2, 0) is 30.6 Å². The van der Waals surface area contributed by atoms with Crippen LogP contribution in [0, 0.1) is 16.7 Å². The lowest BCUT2D eigenvalue weighted by Crippen LogP contribution is -2.42. The molecule has 2 atom stereocenters. The maximum atomic E-state index is 11.8. The Balaban J connectivity index is 0.000000275. The molecule has 0 radical (unpaired) electrons. The van der Waals surface area contributed by atoms with Gasteiger partial charge in [0.15, 0.2) is 11.5 Å². The van der Waals surface area contributed by atoms with Gasteiger partial charge >= 0.3 is 0 Å². The number of carbonyl (C=O) groups is 2. The molecule has 0 spiro atoms. The van der Waals surface area contributed by atoms with Crippen LogP contribution in [0.15, 0.2) is 0 Å². The molecule has 5 nitrogen and oxygen atoms in total. The minimum absolute atomic E-state index is 0.0248. The van der Waals surface area contributed by atoms with Crippen LogP contribution in [-0.4, -0.2) is 47.5 Å². The lowest BCUT2D eigenvalue weighted by atomic mass is 9.70. The Morgan fingerprint density at radius 1 is 1.24 bits per heavy atom. The first-order chi connectivity index (χ1) is 11.4. The molecule has 2 bridgehead atoms. The van der Waals surface area contributed by atoms with Crippen molar-refractivity contribution in [2.45, 2.75) is 60.3 Å². The van der Waals surface area contributed by atoms with Crippen molar-refractivity contribution in [3.05, 3.63) is 0 Å². The standard InChI is InChI=1S/C10H16O4S.C8H17OS/c1-9(2)7-3-4-10(9,8(11)5-7)6-15(12,13)14;1-4-8(9)7-10(5-2)6-3/h7H,3-6H2,1-2H3,(H,12,13,14);4-7H2,1-3H3/q;+1/p-1. The zero-order valence-electron chi connectivity index (χ0n) is 16.1. The molecule has 0 aromatic heterocycles. The minimum atomic E-state index is -4.33. The lowest BCUT2D eigenvalue weighted by Gasteiger charge is -2.37. The molecule has 0 aromatic carbocycles. The third-order valence-electron chi connectivity index (χ3n) is 6.14. The highest BCUT2D eigenvalue weighted by Gasteiger charge is 2.64. The van der Waals surface area contributed by atoms with Gasteiger partial charge in [0, 0.05) is 18.3 Å². The first-order valence-corrected chi connectivity index (χ1v) is 12.4. The van der Waals surface area contributed by atoms with Crippen molar-refractivity contribution in [2.24, 2.45) is 16.7 Å². The Hall–Kier alpha value is -0.400. The average molecular weight is 393 g/mol. The van der Waals surface area contributed by atoms with Crippen molar-refractivity contribution in [1.82, 2.24) is 0 Å². The maximum Gasteiger partial charge on any atom is 0.181 e. The Morgan fingerprint density at radius 3 is 2.12 bits per heavy atom. The highest BCUT2D eigenvalue weighted by atomic mass is 32.2. The summed E-state index contributed by atoms with van der Waals surface area (Å²) in [6.45, 7) is 10.1. The average Bonchev–Trinajstić information content (AvgIpc) is 2.85. The van der Waals surface area contributed by atoms with Crippen LogP contribution < -0.4 is 0 Å². The maximum absolute atomic E-state index is 11.8. The molecule has 2 unspecified atom stereocenters. The van der Waals surface area contributed by atoms with E-state index in [0.717, 1.165) is 12.2 Å². The van der Waals surface area contributed by atoms with Gasteiger partial charge in [0.2, 0.25) is 0 Å². The van der Waals surface area contributed by atoms with Crippen molar-refractivity contribution in [2.75, 3.05) is 23.0 Å². The fourth-order valence-corrected chi connectivity index (χ4v) is 6.90. The van der Waals surface area contributed by atoms with Crippen molar-refractivity contribution in [3.8, 4) is 0 Å². The molecule has 2 saturated carbocycles. The monoisotopic (exact) mass is 392 g/mol. The number of Topliss-reactive ketones (excluding diaryl/α,β-unsaturated/α-hetero) is 2. The second-order valence-corrected chi connectivity index (χ2v) is 11.7. The first kappa shape index (κ1) is 22.6. The molecular weight excluding hydrogens is 360 g/mol. The summed E-state index contributed by atoms with van der Waals surface area (Å²) in [4.78, 5) is 22.8. The zero-order valence-corrected chi connectivity index (χ0v) is 17.7. The van der Waals surface area contributed by atoms with Crippen molar-refractivity contribution >= 4 is 32.6 Å². The fourth-order valence-electron chi connectivity index (χ4n) is 4.15. The van der Waals surface area contributed by atoms with E-state index in [4.69, 9.17) is 0 Å².